The minimum atomic E-state index is -3.18. The molecule has 0 saturated heterocycles. The second-order valence-electron chi connectivity index (χ2n) is 5.10. The van der Waals surface area contributed by atoms with Crippen molar-refractivity contribution >= 4 is 23.8 Å². The fourth-order valence-electron chi connectivity index (χ4n) is 1.18. The number of hydrogen-bond acceptors (Lipinski definition) is 2. The Balaban J connectivity index is 2.60. The van der Waals surface area contributed by atoms with E-state index in [0.717, 1.165) is 6.04 Å². The summed E-state index contributed by atoms with van der Waals surface area (Å²) in [4.78, 5) is 0. The smallest absolute Gasteiger partial charge is 0.232 e. The van der Waals surface area contributed by atoms with Gasteiger partial charge in [-0.1, -0.05) is 37.8 Å². The third-order valence-corrected chi connectivity index (χ3v) is 5.57. The van der Waals surface area contributed by atoms with Crippen molar-refractivity contribution < 1.29 is 8.42 Å². The van der Waals surface area contributed by atoms with Crippen molar-refractivity contribution in [3.8, 4) is 0 Å². The zero-order valence-corrected chi connectivity index (χ0v) is 11.8. The van der Waals surface area contributed by atoms with Gasteiger partial charge in [-0.2, -0.15) is 0 Å². The van der Waals surface area contributed by atoms with E-state index >= 15 is 0 Å². The van der Waals surface area contributed by atoms with Crippen molar-refractivity contribution in [3.05, 3.63) is 30.3 Å². The lowest BCUT2D eigenvalue weighted by atomic mass is 10.3. The van der Waals surface area contributed by atoms with Crippen LogP contribution in [0.3, 0.4) is 0 Å². The number of benzene rings is 1. The van der Waals surface area contributed by atoms with Crippen LogP contribution in [0.15, 0.2) is 30.3 Å². The van der Waals surface area contributed by atoms with Crippen molar-refractivity contribution in [2.24, 2.45) is 0 Å². The van der Waals surface area contributed by atoms with Gasteiger partial charge in [-0.05, 0) is 18.2 Å². The molecule has 0 aliphatic rings. The normalized spacial score (nSPS) is 12.4. The minimum absolute atomic E-state index is 0.220. The van der Waals surface area contributed by atoms with Crippen LogP contribution in [0.4, 0.5) is 5.69 Å². The largest absolute Gasteiger partial charge is 0.284 e. The molecular formula is C11H19NO2SSi. The molecule has 0 bridgehead atoms. The maximum absolute atomic E-state index is 11.8. The fraction of sp³-hybridized carbons (Fsp3) is 0.455. The minimum Gasteiger partial charge on any atom is -0.284 e. The van der Waals surface area contributed by atoms with Gasteiger partial charge in [-0.25, -0.2) is 8.42 Å². The molecule has 16 heavy (non-hydrogen) atoms. The van der Waals surface area contributed by atoms with Crippen molar-refractivity contribution in [1.82, 2.24) is 0 Å². The average Bonchev–Trinajstić information content (AvgIpc) is 2.15. The Hall–Kier alpha value is -0.813. The second kappa shape index (κ2) is 5.01. The molecule has 0 aromatic heterocycles. The Morgan fingerprint density at radius 1 is 1.12 bits per heavy atom. The molecule has 1 aromatic carbocycles. The molecule has 0 aliphatic heterocycles. The van der Waals surface area contributed by atoms with E-state index in [9.17, 15) is 8.42 Å². The summed E-state index contributed by atoms with van der Waals surface area (Å²) in [5.41, 5.74) is 0.637. The molecule has 5 heteroatoms. The van der Waals surface area contributed by atoms with Crippen LogP contribution < -0.4 is 4.72 Å². The van der Waals surface area contributed by atoms with E-state index in [1.165, 1.54) is 0 Å². The molecule has 0 amide bonds. The molecule has 3 nitrogen and oxygen atoms in total. The second-order valence-corrected chi connectivity index (χ2v) is 12.6. The molecule has 90 valence electrons. The zero-order valence-electron chi connectivity index (χ0n) is 10.0. The highest BCUT2D eigenvalue weighted by Crippen LogP contribution is 2.13. The summed E-state index contributed by atoms with van der Waals surface area (Å²) in [6.07, 6.45) is 0. The fourth-order valence-corrected chi connectivity index (χ4v) is 5.30. The zero-order chi connectivity index (χ0) is 12.2. The molecular weight excluding hydrogens is 238 g/mol. The number of para-hydroxylation sites is 1. The Morgan fingerprint density at radius 2 is 1.69 bits per heavy atom. The summed E-state index contributed by atoms with van der Waals surface area (Å²) in [5.74, 6) is 0.220. The first-order valence-electron chi connectivity index (χ1n) is 5.34. The lowest BCUT2D eigenvalue weighted by molar-refractivity contribution is 0.602. The summed E-state index contributed by atoms with van der Waals surface area (Å²) < 4.78 is 26.1. The standard InChI is InChI=1S/C11H19NO2SSi/c1-16(2,3)10-9-15(13,14)12-11-7-5-4-6-8-11/h4-8,12H,9-10H2,1-3H3. The lowest BCUT2D eigenvalue weighted by Crippen LogP contribution is -2.26. The van der Waals surface area contributed by atoms with Gasteiger partial charge in [0.2, 0.25) is 10.0 Å². The Bertz CT molecular complexity index is 423. The van der Waals surface area contributed by atoms with Gasteiger partial charge in [0.25, 0.3) is 0 Å². The van der Waals surface area contributed by atoms with Gasteiger partial charge in [0.05, 0.1) is 5.75 Å². The summed E-state index contributed by atoms with van der Waals surface area (Å²) in [6.45, 7) is 6.51. The lowest BCUT2D eigenvalue weighted by Gasteiger charge is -2.16. The summed E-state index contributed by atoms with van der Waals surface area (Å²) in [7, 11) is -4.49. The first kappa shape index (κ1) is 13.3. The maximum atomic E-state index is 11.8. The van der Waals surface area contributed by atoms with Crippen LogP contribution in [0.1, 0.15) is 0 Å². The molecule has 0 atom stereocenters. The predicted molar refractivity (Wildman–Crippen MR) is 72.0 cm³/mol. The van der Waals surface area contributed by atoms with Crippen LogP contribution >= 0.6 is 0 Å². The van der Waals surface area contributed by atoms with Crippen LogP contribution in [0.2, 0.25) is 25.7 Å². The van der Waals surface area contributed by atoms with Crippen LogP contribution in [0, 0.1) is 0 Å². The third kappa shape index (κ3) is 5.32. The molecule has 1 aromatic rings. The van der Waals surface area contributed by atoms with Crippen LogP contribution in [0.5, 0.6) is 0 Å². The van der Waals surface area contributed by atoms with E-state index in [4.69, 9.17) is 0 Å². The third-order valence-electron chi connectivity index (χ3n) is 2.17. The highest BCUT2D eigenvalue weighted by molar-refractivity contribution is 7.92. The first-order chi connectivity index (χ1) is 7.29. The molecule has 0 aliphatic carbocycles. The van der Waals surface area contributed by atoms with Crippen molar-refractivity contribution in [2.45, 2.75) is 25.7 Å². The van der Waals surface area contributed by atoms with Gasteiger partial charge in [0, 0.05) is 13.8 Å². The van der Waals surface area contributed by atoms with E-state index in [0.29, 0.717) is 5.69 Å². The number of rotatable bonds is 5. The van der Waals surface area contributed by atoms with Gasteiger partial charge >= 0.3 is 0 Å². The number of nitrogens with one attached hydrogen (secondary N) is 1. The Morgan fingerprint density at radius 3 is 2.19 bits per heavy atom. The highest BCUT2D eigenvalue weighted by Gasteiger charge is 2.18. The first-order valence-corrected chi connectivity index (χ1v) is 10.7. The van der Waals surface area contributed by atoms with Crippen LogP contribution in [-0.4, -0.2) is 22.2 Å². The Kier molecular flexibility index (Phi) is 4.15. The monoisotopic (exact) mass is 257 g/mol. The molecule has 0 heterocycles. The van der Waals surface area contributed by atoms with Gasteiger partial charge in [-0.3, -0.25) is 4.72 Å². The van der Waals surface area contributed by atoms with E-state index in [-0.39, 0.29) is 5.75 Å². The predicted octanol–water partition coefficient (Wildman–Crippen LogP) is 2.77. The van der Waals surface area contributed by atoms with E-state index in [1.54, 1.807) is 12.1 Å². The number of sulfonamides is 1. The van der Waals surface area contributed by atoms with Gasteiger partial charge < -0.3 is 0 Å². The molecule has 0 radical (unpaired) electrons. The molecule has 0 saturated carbocycles. The van der Waals surface area contributed by atoms with Crippen LogP contribution in [0.25, 0.3) is 0 Å². The average molecular weight is 257 g/mol. The quantitative estimate of drug-likeness (QED) is 0.824. The SMILES string of the molecule is C[Si](C)(C)CCS(=O)(=O)Nc1ccccc1. The summed E-state index contributed by atoms with van der Waals surface area (Å²) >= 11 is 0. The summed E-state index contributed by atoms with van der Waals surface area (Å²) in [6, 6.07) is 9.79. The van der Waals surface area contributed by atoms with Crippen molar-refractivity contribution in [2.75, 3.05) is 10.5 Å². The van der Waals surface area contributed by atoms with Gasteiger partial charge in [0.15, 0.2) is 0 Å². The van der Waals surface area contributed by atoms with E-state index < -0.39 is 18.1 Å². The maximum Gasteiger partial charge on any atom is 0.232 e. The van der Waals surface area contributed by atoms with Gasteiger partial charge in [-0.15, -0.1) is 0 Å². The number of hydrogen-bond donors (Lipinski definition) is 1. The van der Waals surface area contributed by atoms with E-state index in [2.05, 4.69) is 24.4 Å². The van der Waals surface area contributed by atoms with Crippen molar-refractivity contribution in [3.63, 3.8) is 0 Å². The molecule has 1 rings (SSSR count). The molecule has 1 N–H and O–H groups in total. The highest BCUT2D eigenvalue weighted by atomic mass is 32.2. The van der Waals surface area contributed by atoms with Gasteiger partial charge in [0.1, 0.15) is 0 Å². The summed E-state index contributed by atoms with van der Waals surface area (Å²) in [5, 5.41) is 0. The van der Waals surface area contributed by atoms with E-state index in [1.807, 2.05) is 18.2 Å². The molecule has 0 fully saturated rings. The van der Waals surface area contributed by atoms with Crippen molar-refractivity contribution in [1.29, 1.82) is 0 Å². The molecule has 0 spiro atoms. The topological polar surface area (TPSA) is 46.2 Å². The molecule has 0 unspecified atom stereocenters. The van der Waals surface area contributed by atoms with Crippen LogP contribution in [-0.2, 0) is 10.0 Å². The number of anilines is 1. The Labute approximate surface area is 98.9 Å².